The number of hydrogen-bond donors (Lipinski definition) is 1. The van der Waals surface area contributed by atoms with Gasteiger partial charge < -0.3 is 5.32 Å². The maximum Gasteiger partial charge on any atom is 0.271 e. The molecule has 23 heavy (non-hydrogen) atoms. The van der Waals surface area contributed by atoms with Crippen LogP contribution in [0.5, 0.6) is 0 Å². The van der Waals surface area contributed by atoms with Crippen LogP contribution in [0.4, 0.5) is 11.4 Å². The number of nitrogens with one attached hydrogen (secondary N) is 1. The second-order valence-electron chi connectivity index (χ2n) is 4.48. The molecule has 2 aromatic carbocycles. The monoisotopic (exact) mass is 371 g/mol. The van der Waals surface area contributed by atoms with Crippen LogP contribution in [0.1, 0.15) is 5.56 Å². The van der Waals surface area contributed by atoms with Crippen LogP contribution < -0.4 is 5.32 Å². The van der Waals surface area contributed by atoms with Crippen molar-refractivity contribution in [2.75, 3.05) is 5.32 Å². The number of amides is 1. The van der Waals surface area contributed by atoms with E-state index in [1.807, 2.05) is 6.07 Å². The summed E-state index contributed by atoms with van der Waals surface area (Å²) in [5.74, 6) is -0.629. The number of rotatable bonds is 4. The summed E-state index contributed by atoms with van der Waals surface area (Å²) in [5.41, 5.74) is 0.706. The van der Waals surface area contributed by atoms with E-state index in [4.69, 9.17) is 5.26 Å². The summed E-state index contributed by atoms with van der Waals surface area (Å²) in [7, 11) is 0. The van der Waals surface area contributed by atoms with Gasteiger partial charge in [0, 0.05) is 22.3 Å². The fourth-order valence-corrected chi connectivity index (χ4v) is 2.03. The highest BCUT2D eigenvalue weighted by molar-refractivity contribution is 9.10. The summed E-state index contributed by atoms with van der Waals surface area (Å²) in [4.78, 5) is 22.3. The minimum absolute atomic E-state index is 0.0983. The standard InChI is InChI=1S/C16H10BrN3O3/c17-13-6-4-11(5-7-13)8-12(10-18)16(21)19-14-2-1-3-15(9-14)20(22)23/h1-9H,(H,19,21)/b12-8-. The summed E-state index contributed by atoms with van der Waals surface area (Å²) in [6.45, 7) is 0. The van der Waals surface area contributed by atoms with Gasteiger partial charge in [0.25, 0.3) is 11.6 Å². The Hall–Kier alpha value is -2.98. The lowest BCUT2D eigenvalue weighted by atomic mass is 10.1. The van der Waals surface area contributed by atoms with Gasteiger partial charge in [0.05, 0.1) is 4.92 Å². The van der Waals surface area contributed by atoms with Crippen molar-refractivity contribution in [3.05, 3.63) is 74.3 Å². The lowest BCUT2D eigenvalue weighted by Crippen LogP contribution is -2.13. The molecule has 114 valence electrons. The van der Waals surface area contributed by atoms with Crippen LogP contribution in [0, 0.1) is 21.4 Å². The molecule has 6 nitrogen and oxygen atoms in total. The topological polar surface area (TPSA) is 96.0 Å². The van der Waals surface area contributed by atoms with Crippen LogP contribution in [0.15, 0.2) is 58.6 Å². The zero-order valence-electron chi connectivity index (χ0n) is 11.7. The van der Waals surface area contributed by atoms with Crippen molar-refractivity contribution in [3.8, 4) is 6.07 Å². The van der Waals surface area contributed by atoms with Crippen molar-refractivity contribution in [2.45, 2.75) is 0 Å². The highest BCUT2D eigenvalue weighted by Crippen LogP contribution is 2.18. The summed E-state index contributed by atoms with van der Waals surface area (Å²) in [6, 6.07) is 14.4. The number of non-ortho nitro benzene ring substituents is 1. The van der Waals surface area contributed by atoms with Gasteiger partial charge in [0.2, 0.25) is 0 Å². The molecule has 0 aliphatic heterocycles. The van der Waals surface area contributed by atoms with Gasteiger partial charge >= 0.3 is 0 Å². The molecule has 0 fully saturated rings. The normalized spacial score (nSPS) is 10.7. The van der Waals surface area contributed by atoms with Crippen molar-refractivity contribution < 1.29 is 9.72 Å². The van der Waals surface area contributed by atoms with Crippen LogP contribution in [0.3, 0.4) is 0 Å². The van der Waals surface area contributed by atoms with E-state index in [-0.39, 0.29) is 16.9 Å². The molecule has 0 aromatic heterocycles. The molecule has 0 radical (unpaired) electrons. The van der Waals surface area contributed by atoms with Gasteiger partial charge in [-0.3, -0.25) is 14.9 Å². The molecule has 0 saturated carbocycles. The fourth-order valence-electron chi connectivity index (χ4n) is 1.77. The van der Waals surface area contributed by atoms with E-state index in [1.54, 1.807) is 24.3 Å². The Labute approximate surface area is 140 Å². The molecule has 7 heteroatoms. The molecule has 0 heterocycles. The van der Waals surface area contributed by atoms with Crippen LogP contribution in [0.2, 0.25) is 0 Å². The Morgan fingerprint density at radius 3 is 2.57 bits per heavy atom. The second-order valence-corrected chi connectivity index (χ2v) is 5.40. The number of hydrogen-bond acceptors (Lipinski definition) is 4. The van der Waals surface area contributed by atoms with Crippen molar-refractivity contribution in [1.82, 2.24) is 0 Å². The van der Waals surface area contributed by atoms with Gasteiger partial charge in [0.1, 0.15) is 11.6 Å². The highest BCUT2D eigenvalue weighted by atomic mass is 79.9. The molecule has 0 aliphatic carbocycles. The first kappa shape index (κ1) is 16.4. The van der Waals surface area contributed by atoms with Crippen LogP contribution in [0.25, 0.3) is 6.08 Å². The number of nitro benzene ring substituents is 1. The van der Waals surface area contributed by atoms with Gasteiger partial charge in [-0.2, -0.15) is 5.26 Å². The van der Waals surface area contributed by atoms with Gasteiger partial charge in [-0.15, -0.1) is 0 Å². The Bertz CT molecular complexity index is 823. The quantitative estimate of drug-likeness (QED) is 0.381. The predicted molar refractivity (Wildman–Crippen MR) is 89.5 cm³/mol. The van der Waals surface area contributed by atoms with Gasteiger partial charge in [0.15, 0.2) is 0 Å². The van der Waals surface area contributed by atoms with Crippen LogP contribution in [-0.2, 0) is 4.79 Å². The maximum absolute atomic E-state index is 12.1. The number of nitriles is 1. The molecule has 0 spiro atoms. The largest absolute Gasteiger partial charge is 0.321 e. The summed E-state index contributed by atoms with van der Waals surface area (Å²) in [5, 5.41) is 22.3. The molecule has 1 N–H and O–H groups in total. The van der Waals surface area contributed by atoms with Crippen LogP contribution >= 0.6 is 15.9 Å². The number of carbonyl (C=O) groups excluding carboxylic acids is 1. The summed E-state index contributed by atoms with van der Waals surface area (Å²) < 4.78 is 0.884. The van der Waals surface area contributed by atoms with E-state index in [1.165, 1.54) is 30.3 Å². The van der Waals surface area contributed by atoms with E-state index < -0.39 is 10.8 Å². The molecule has 2 rings (SSSR count). The average molecular weight is 372 g/mol. The minimum Gasteiger partial charge on any atom is -0.321 e. The fraction of sp³-hybridized carbons (Fsp3) is 0. The highest BCUT2D eigenvalue weighted by Gasteiger charge is 2.12. The van der Waals surface area contributed by atoms with Gasteiger partial charge in [-0.05, 0) is 29.8 Å². The predicted octanol–water partition coefficient (Wildman–Crippen LogP) is 3.90. The SMILES string of the molecule is N#C/C(=C/c1ccc(Br)cc1)C(=O)Nc1cccc([N+](=O)[O-])c1. The third kappa shape index (κ3) is 4.49. The molecule has 1 amide bonds. The molecular formula is C16H10BrN3O3. The lowest BCUT2D eigenvalue weighted by molar-refractivity contribution is -0.384. The first-order valence-corrected chi connectivity index (χ1v) is 7.22. The first-order chi connectivity index (χ1) is 11.0. The van der Waals surface area contributed by atoms with E-state index >= 15 is 0 Å². The zero-order chi connectivity index (χ0) is 16.8. The first-order valence-electron chi connectivity index (χ1n) is 6.43. The van der Waals surface area contributed by atoms with E-state index in [0.717, 1.165) is 4.47 Å². The molecule has 0 aliphatic rings. The van der Waals surface area contributed by atoms with E-state index in [0.29, 0.717) is 5.56 Å². The Kier molecular flexibility index (Phi) is 5.23. The third-order valence-electron chi connectivity index (χ3n) is 2.86. The van der Waals surface area contributed by atoms with Gasteiger partial charge in [-0.25, -0.2) is 0 Å². The number of carbonyl (C=O) groups is 1. The Balaban J connectivity index is 2.21. The number of anilines is 1. The minimum atomic E-state index is -0.629. The van der Waals surface area contributed by atoms with E-state index in [9.17, 15) is 14.9 Å². The number of halogens is 1. The second kappa shape index (κ2) is 7.33. The lowest BCUT2D eigenvalue weighted by Gasteiger charge is -2.04. The molecule has 2 aromatic rings. The van der Waals surface area contributed by atoms with Gasteiger partial charge in [-0.1, -0.05) is 34.1 Å². The van der Waals surface area contributed by atoms with Crippen molar-refractivity contribution in [3.63, 3.8) is 0 Å². The molecule has 0 saturated heterocycles. The summed E-state index contributed by atoms with van der Waals surface area (Å²) >= 11 is 3.30. The van der Waals surface area contributed by atoms with Crippen molar-refractivity contribution in [2.24, 2.45) is 0 Å². The Morgan fingerprint density at radius 2 is 1.96 bits per heavy atom. The maximum atomic E-state index is 12.1. The van der Waals surface area contributed by atoms with E-state index in [2.05, 4.69) is 21.2 Å². The molecular weight excluding hydrogens is 362 g/mol. The average Bonchev–Trinajstić information content (AvgIpc) is 2.54. The number of nitrogens with zero attached hydrogens (tertiary/aromatic N) is 2. The van der Waals surface area contributed by atoms with Crippen molar-refractivity contribution in [1.29, 1.82) is 5.26 Å². The Morgan fingerprint density at radius 1 is 1.26 bits per heavy atom. The zero-order valence-corrected chi connectivity index (χ0v) is 13.3. The van der Waals surface area contributed by atoms with Crippen LogP contribution in [-0.4, -0.2) is 10.8 Å². The molecule has 0 unspecified atom stereocenters. The molecule has 0 bridgehead atoms. The third-order valence-corrected chi connectivity index (χ3v) is 3.39. The molecule has 0 atom stereocenters. The number of nitro groups is 1. The number of benzene rings is 2. The van der Waals surface area contributed by atoms with Crippen molar-refractivity contribution >= 4 is 39.3 Å². The summed E-state index contributed by atoms with van der Waals surface area (Å²) in [6.07, 6.45) is 1.44. The smallest absolute Gasteiger partial charge is 0.271 e.